The topological polar surface area (TPSA) is 57.0 Å². The first-order chi connectivity index (χ1) is 9.47. The molecule has 1 aliphatic heterocycles. The smallest absolute Gasteiger partial charge is 0.359 e. The van der Waals surface area contributed by atoms with Gasteiger partial charge in [0, 0.05) is 5.56 Å². The third-order valence-corrected chi connectivity index (χ3v) is 3.49. The average Bonchev–Trinajstić information content (AvgIpc) is 2.83. The Balaban J connectivity index is 2.02. The summed E-state index contributed by atoms with van der Waals surface area (Å²) < 4.78 is 6.67. The van der Waals surface area contributed by atoms with E-state index < -0.39 is 0 Å². The van der Waals surface area contributed by atoms with Gasteiger partial charge in [-0.15, -0.1) is 5.10 Å². The Labute approximate surface area is 117 Å². The number of cyclic esters (lactones) is 1. The number of hydrogen-bond donors (Lipinski definition) is 0. The number of benzene rings is 1. The molecule has 1 aliphatic rings. The van der Waals surface area contributed by atoms with Crippen molar-refractivity contribution in [1.29, 1.82) is 0 Å². The lowest BCUT2D eigenvalue weighted by atomic mass is 9.86. The summed E-state index contributed by atoms with van der Waals surface area (Å²) in [5.41, 5.74) is 3.27. The van der Waals surface area contributed by atoms with Crippen LogP contribution in [0.25, 0.3) is 11.3 Å². The van der Waals surface area contributed by atoms with Gasteiger partial charge in [0.15, 0.2) is 5.69 Å². The third kappa shape index (κ3) is 2.09. The Morgan fingerprint density at radius 1 is 1.20 bits per heavy atom. The van der Waals surface area contributed by atoms with Crippen LogP contribution in [0.2, 0.25) is 0 Å². The van der Waals surface area contributed by atoms with E-state index in [1.54, 1.807) is 4.68 Å². The van der Waals surface area contributed by atoms with E-state index >= 15 is 0 Å². The Morgan fingerprint density at radius 3 is 2.55 bits per heavy atom. The minimum atomic E-state index is -0.351. The van der Waals surface area contributed by atoms with Crippen molar-refractivity contribution < 1.29 is 9.53 Å². The van der Waals surface area contributed by atoms with Crippen molar-refractivity contribution in [3.63, 3.8) is 0 Å². The molecule has 0 atom stereocenters. The number of carbonyl (C=O) groups is 1. The van der Waals surface area contributed by atoms with Gasteiger partial charge in [-0.1, -0.05) is 50.3 Å². The summed E-state index contributed by atoms with van der Waals surface area (Å²) in [5.74, 6) is -0.351. The monoisotopic (exact) mass is 271 g/mol. The van der Waals surface area contributed by atoms with Crippen LogP contribution in [-0.2, 0) is 16.7 Å². The lowest BCUT2D eigenvalue weighted by Gasteiger charge is -2.19. The third-order valence-electron chi connectivity index (χ3n) is 3.49. The van der Waals surface area contributed by atoms with Gasteiger partial charge in [-0.05, 0) is 11.0 Å². The molecule has 3 rings (SSSR count). The number of fused-ring (bicyclic) bond motifs is 1. The molecule has 20 heavy (non-hydrogen) atoms. The molecule has 0 N–H and O–H groups in total. The first kappa shape index (κ1) is 12.8. The van der Waals surface area contributed by atoms with Gasteiger partial charge in [0.1, 0.15) is 12.3 Å². The largest absolute Gasteiger partial charge is 0.459 e. The molecular weight excluding hydrogens is 254 g/mol. The molecule has 0 unspecified atom stereocenters. The molecular formula is C15H17N3O2. The molecule has 104 valence electrons. The van der Waals surface area contributed by atoms with E-state index in [4.69, 9.17) is 4.74 Å². The molecule has 0 saturated heterocycles. The molecule has 5 heteroatoms. The van der Waals surface area contributed by atoms with E-state index in [2.05, 4.69) is 43.2 Å². The van der Waals surface area contributed by atoms with Crippen LogP contribution >= 0.6 is 0 Å². The Morgan fingerprint density at radius 2 is 1.90 bits per heavy atom. The molecule has 2 heterocycles. The normalized spacial score (nSPS) is 14.8. The summed E-state index contributed by atoms with van der Waals surface area (Å²) in [5, 5.41) is 8.14. The molecule has 2 aromatic rings. The van der Waals surface area contributed by atoms with Crippen LogP contribution in [0.15, 0.2) is 24.3 Å². The highest BCUT2D eigenvalue weighted by Gasteiger charge is 2.26. The highest BCUT2D eigenvalue weighted by Crippen LogP contribution is 2.27. The van der Waals surface area contributed by atoms with Crippen LogP contribution in [0, 0.1) is 0 Å². The molecule has 0 bridgehead atoms. The highest BCUT2D eigenvalue weighted by molar-refractivity contribution is 5.94. The van der Waals surface area contributed by atoms with E-state index in [0.717, 1.165) is 5.56 Å². The zero-order valence-electron chi connectivity index (χ0n) is 11.9. The molecule has 0 amide bonds. The molecule has 1 aromatic heterocycles. The lowest BCUT2D eigenvalue weighted by Crippen LogP contribution is -2.23. The number of carbonyl (C=O) groups excluding carboxylic acids is 1. The zero-order valence-corrected chi connectivity index (χ0v) is 11.9. The number of esters is 1. The maximum Gasteiger partial charge on any atom is 0.359 e. The van der Waals surface area contributed by atoms with Crippen molar-refractivity contribution in [2.24, 2.45) is 0 Å². The van der Waals surface area contributed by atoms with Crippen LogP contribution in [0.3, 0.4) is 0 Å². The predicted octanol–water partition coefficient (Wildman–Crippen LogP) is 2.41. The van der Waals surface area contributed by atoms with Gasteiger partial charge in [-0.2, -0.15) is 0 Å². The van der Waals surface area contributed by atoms with Gasteiger partial charge in [-0.25, -0.2) is 9.48 Å². The molecule has 0 aliphatic carbocycles. The predicted molar refractivity (Wildman–Crippen MR) is 74.4 cm³/mol. The number of rotatable bonds is 1. The van der Waals surface area contributed by atoms with Gasteiger partial charge >= 0.3 is 5.97 Å². The summed E-state index contributed by atoms with van der Waals surface area (Å²) in [6, 6.07) is 8.09. The van der Waals surface area contributed by atoms with E-state index in [0.29, 0.717) is 24.5 Å². The van der Waals surface area contributed by atoms with Crippen LogP contribution < -0.4 is 0 Å². The highest BCUT2D eigenvalue weighted by atomic mass is 16.5. The first-order valence-corrected chi connectivity index (χ1v) is 6.68. The second kappa shape index (κ2) is 4.44. The summed E-state index contributed by atoms with van der Waals surface area (Å²) in [6.45, 7) is 7.42. The Kier molecular flexibility index (Phi) is 2.85. The summed E-state index contributed by atoms with van der Waals surface area (Å²) in [7, 11) is 0. The summed E-state index contributed by atoms with van der Waals surface area (Å²) in [4.78, 5) is 11.8. The number of nitrogens with zero attached hydrogens (tertiary/aromatic N) is 3. The standard InChI is InChI=1S/C15H17N3O2/c1-15(2,3)11-6-4-10(5-7-11)12-13-14(19)20-9-8-18(13)17-16-12/h4-7H,8-9H2,1-3H3. The van der Waals surface area contributed by atoms with Crippen LogP contribution in [0.4, 0.5) is 0 Å². The minimum absolute atomic E-state index is 0.101. The summed E-state index contributed by atoms with van der Waals surface area (Å²) >= 11 is 0. The molecule has 0 fully saturated rings. The van der Waals surface area contributed by atoms with Gasteiger partial charge in [0.2, 0.25) is 0 Å². The maximum atomic E-state index is 11.8. The first-order valence-electron chi connectivity index (χ1n) is 6.68. The van der Waals surface area contributed by atoms with Gasteiger partial charge in [0.05, 0.1) is 6.54 Å². The van der Waals surface area contributed by atoms with Crippen molar-refractivity contribution >= 4 is 5.97 Å². The van der Waals surface area contributed by atoms with Crippen molar-refractivity contribution in [2.75, 3.05) is 6.61 Å². The van der Waals surface area contributed by atoms with Gasteiger partial charge in [0.25, 0.3) is 0 Å². The van der Waals surface area contributed by atoms with E-state index in [-0.39, 0.29) is 11.4 Å². The molecule has 0 radical (unpaired) electrons. The average molecular weight is 271 g/mol. The number of hydrogen-bond acceptors (Lipinski definition) is 4. The van der Waals surface area contributed by atoms with E-state index in [1.807, 2.05) is 12.1 Å². The Hall–Kier alpha value is -2.17. The zero-order chi connectivity index (χ0) is 14.3. The van der Waals surface area contributed by atoms with E-state index in [9.17, 15) is 4.79 Å². The van der Waals surface area contributed by atoms with Crippen LogP contribution in [-0.4, -0.2) is 27.6 Å². The van der Waals surface area contributed by atoms with Crippen molar-refractivity contribution in [2.45, 2.75) is 32.7 Å². The van der Waals surface area contributed by atoms with Gasteiger partial charge in [-0.3, -0.25) is 0 Å². The number of ether oxygens (including phenoxy) is 1. The molecule has 1 aromatic carbocycles. The van der Waals surface area contributed by atoms with E-state index in [1.165, 1.54) is 5.56 Å². The minimum Gasteiger partial charge on any atom is -0.459 e. The second-order valence-electron chi connectivity index (χ2n) is 5.97. The summed E-state index contributed by atoms with van der Waals surface area (Å²) in [6.07, 6.45) is 0. The van der Waals surface area contributed by atoms with Crippen molar-refractivity contribution in [1.82, 2.24) is 15.0 Å². The van der Waals surface area contributed by atoms with Crippen LogP contribution in [0.5, 0.6) is 0 Å². The van der Waals surface area contributed by atoms with Crippen LogP contribution in [0.1, 0.15) is 36.8 Å². The fourth-order valence-electron chi connectivity index (χ4n) is 2.29. The molecule has 0 saturated carbocycles. The van der Waals surface area contributed by atoms with Gasteiger partial charge < -0.3 is 4.74 Å². The number of aromatic nitrogens is 3. The fourth-order valence-corrected chi connectivity index (χ4v) is 2.29. The lowest BCUT2D eigenvalue weighted by molar-refractivity contribution is 0.0412. The van der Waals surface area contributed by atoms with Crippen molar-refractivity contribution in [3.05, 3.63) is 35.5 Å². The van der Waals surface area contributed by atoms with Crippen molar-refractivity contribution in [3.8, 4) is 11.3 Å². The maximum absolute atomic E-state index is 11.8. The quantitative estimate of drug-likeness (QED) is 0.747. The molecule has 0 spiro atoms. The SMILES string of the molecule is CC(C)(C)c1ccc(-c2nnn3c2C(=O)OCC3)cc1. The molecule has 5 nitrogen and oxygen atoms in total. The fraction of sp³-hybridized carbons (Fsp3) is 0.400. The second-order valence-corrected chi connectivity index (χ2v) is 5.97. The Bertz CT molecular complexity index is 651.